The Morgan fingerprint density at radius 2 is 2.00 bits per heavy atom. The third-order valence-corrected chi connectivity index (χ3v) is 2.76. The summed E-state index contributed by atoms with van der Waals surface area (Å²) in [6.07, 6.45) is 0. The van der Waals surface area contributed by atoms with Gasteiger partial charge < -0.3 is 0 Å². The van der Waals surface area contributed by atoms with Gasteiger partial charge in [-0.1, -0.05) is 0 Å². The molecular weight excluding hydrogens is 217 g/mol. The van der Waals surface area contributed by atoms with Crippen LogP contribution in [0.5, 0.6) is 0 Å². The monoisotopic (exact) mass is 230 g/mol. The van der Waals surface area contributed by atoms with Crippen LogP contribution in [0.15, 0.2) is 24.3 Å². The summed E-state index contributed by atoms with van der Waals surface area (Å²) in [6.45, 7) is 0.861. The molecule has 0 bridgehead atoms. The Kier molecular flexibility index (Phi) is 3.60. The summed E-state index contributed by atoms with van der Waals surface area (Å²) in [4.78, 5) is 2.07. The maximum atomic E-state index is 10.8. The van der Waals surface area contributed by atoms with Gasteiger partial charge in [-0.25, -0.2) is 0 Å². The Morgan fingerprint density at radius 3 is 2.58 bits per heavy atom. The molecule has 0 fully saturated rings. The number of hydrogen-bond donors (Lipinski definition) is 0. The van der Waals surface area contributed by atoms with Crippen LogP contribution in [0.3, 0.4) is 0 Å². The Hall–Kier alpha value is -0.501. The third kappa shape index (κ3) is 2.52. The normalized spacial score (nSPS) is 10.2. The van der Waals surface area contributed by atoms with Crippen molar-refractivity contribution in [1.29, 1.82) is 0 Å². The first-order valence-electron chi connectivity index (χ1n) is 3.76. The molecule has 0 atom stereocenters. The molecule has 1 aromatic carbocycles. The van der Waals surface area contributed by atoms with E-state index >= 15 is 0 Å². The molecule has 1 rings (SSSR count). The molecule has 12 heavy (non-hydrogen) atoms. The van der Waals surface area contributed by atoms with E-state index in [-0.39, 0.29) is 0 Å². The van der Waals surface area contributed by atoms with Crippen molar-refractivity contribution in [2.24, 2.45) is 0 Å². The summed E-state index contributed by atoms with van der Waals surface area (Å²) in [5, 5.41) is 0. The van der Waals surface area contributed by atoms with Gasteiger partial charge in [0.15, 0.2) is 0 Å². The number of benzene rings is 1. The van der Waals surface area contributed by atoms with Crippen LogP contribution in [0.25, 0.3) is 0 Å². The first kappa shape index (κ1) is 9.59. The zero-order valence-electron chi connectivity index (χ0n) is 7.28. The molecule has 0 aliphatic rings. The molecule has 0 saturated carbocycles. The summed E-state index contributed by atoms with van der Waals surface area (Å²) in [5.74, 6) is 0. The van der Waals surface area contributed by atoms with Crippen molar-refractivity contribution in [2.45, 2.75) is 6.54 Å². The molecule has 0 saturated heterocycles. The van der Waals surface area contributed by atoms with Gasteiger partial charge >= 0.3 is 78.6 Å². The predicted molar refractivity (Wildman–Crippen MR) is 49.9 cm³/mol. The first-order valence-corrected chi connectivity index (χ1v) is 5.32. The van der Waals surface area contributed by atoms with Crippen molar-refractivity contribution in [3.05, 3.63) is 29.8 Å². The van der Waals surface area contributed by atoms with Crippen LogP contribution >= 0.6 is 0 Å². The molecule has 2 nitrogen and oxygen atoms in total. The van der Waals surface area contributed by atoms with Gasteiger partial charge in [0, 0.05) is 0 Å². The fourth-order valence-corrected chi connectivity index (χ4v) is 1.84. The van der Waals surface area contributed by atoms with Crippen molar-refractivity contribution >= 4 is 19.4 Å². The van der Waals surface area contributed by atoms with E-state index < -0.39 is 14.9 Å². The Morgan fingerprint density at radius 1 is 1.33 bits per heavy atom. The molecule has 3 heteroatoms. The second-order valence-electron chi connectivity index (χ2n) is 2.93. The van der Waals surface area contributed by atoms with Crippen molar-refractivity contribution in [3.63, 3.8) is 0 Å². The second-order valence-corrected chi connectivity index (χ2v) is 4.20. The Labute approximate surface area is 78.9 Å². The predicted octanol–water partition coefficient (Wildman–Crippen LogP) is 0.423. The topological polar surface area (TPSA) is 20.3 Å². The van der Waals surface area contributed by atoms with Crippen molar-refractivity contribution < 1.29 is 3.83 Å². The molecule has 0 aliphatic carbocycles. The van der Waals surface area contributed by atoms with Crippen molar-refractivity contribution in [2.75, 3.05) is 14.1 Å². The van der Waals surface area contributed by atoms with Crippen LogP contribution < -0.4 is 4.46 Å². The first-order chi connectivity index (χ1) is 5.74. The van der Waals surface area contributed by atoms with Gasteiger partial charge in [0.1, 0.15) is 0 Å². The summed E-state index contributed by atoms with van der Waals surface area (Å²) in [7, 11) is 4.02. The fourth-order valence-electron chi connectivity index (χ4n) is 1.06. The van der Waals surface area contributed by atoms with Crippen LogP contribution in [-0.4, -0.2) is 33.9 Å². The van der Waals surface area contributed by atoms with Crippen LogP contribution in [0, 0.1) is 0 Å². The summed E-state index contributed by atoms with van der Waals surface area (Å²) in [5.41, 5.74) is 1.16. The summed E-state index contributed by atoms with van der Waals surface area (Å²) in [6, 6.07) is 7.85. The minimum atomic E-state index is -0.632. The molecular formula is C9H12NOSe. The molecule has 0 N–H and O–H groups in total. The van der Waals surface area contributed by atoms with E-state index in [1.165, 1.54) is 0 Å². The molecule has 0 unspecified atom stereocenters. The molecule has 1 radical (unpaired) electrons. The number of hydrogen-bond acceptors (Lipinski definition) is 2. The maximum absolute atomic E-state index is 10.8. The third-order valence-electron chi connectivity index (χ3n) is 1.55. The molecule has 0 aromatic heterocycles. The Balaban J connectivity index is 2.89. The molecule has 0 spiro atoms. The van der Waals surface area contributed by atoms with Crippen molar-refractivity contribution in [1.82, 2.24) is 4.90 Å². The summed E-state index contributed by atoms with van der Waals surface area (Å²) < 4.78 is 11.7. The van der Waals surface area contributed by atoms with Gasteiger partial charge in [-0.05, 0) is 0 Å². The quantitative estimate of drug-likeness (QED) is 0.700. The van der Waals surface area contributed by atoms with E-state index in [0.717, 1.165) is 16.6 Å². The van der Waals surface area contributed by atoms with Gasteiger partial charge in [0.2, 0.25) is 0 Å². The molecule has 0 aliphatic heterocycles. The molecule has 1 aromatic rings. The van der Waals surface area contributed by atoms with Crippen LogP contribution in [0.2, 0.25) is 0 Å². The van der Waals surface area contributed by atoms with Crippen molar-refractivity contribution in [3.8, 4) is 0 Å². The average molecular weight is 229 g/mol. The van der Waals surface area contributed by atoms with E-state index in [1.807, 2.05) is 38.4 Å². The van der Waals surface area contributed by atoms with E-state index in [0.29, 0.717) is 0 Å². The number of rotatable bonds is 3. The Bertz CT molecular complexity index is 273. The van der Waals surface area contributed by atoms with E-state index in [4.69, 9.17) is 0 Å². The molecule has 0 amide bonds. The standard InChI is InChI=1S/C9H12NOSe/c1-10(2)7-8-5-3-4-6-9(8)12-11/h3-6H,7H2,1-2H3. The molecule has 65 valence electrons. The van der Waals surface area contributed by atoms with Crippen LogP contribution in [0.1, 0.15) is 5.56 Å². The van der Waals surface area contributed by atoms with Gasteiger partial charge in [-0.15, -0.1) is 0 Å². The second kappa shape index (κ2) is 4.51. The molecule has 0 heterocycles. The van der Waals surface area contributed by atoms with E-state index in [2.05, 4.69) is 4.90 Å². The van der Waals surface area contributed by atoms with E-state index in [9.17, 15) is 3.83 Å². The SMILES string of the molecule is CN(C)Cc1ccccc1[Se]=O. The average Bonchev–Trinajstić information content (AvgIpc) is 2.04. The fraction of sp³-hybridized carbons (Fsp3) is 0.333. The van der Waals surface area contributed by atoms with Gasteiger partial charge in [0.05, 0.1) is 0 Å². The van der Waals surface area contributed by atoms with Crippen LogP contribution in [-0.2, 0) is 10.4 Å². The van der Waals surface area contributed by atoms with E-state index in [1.54, 1.807) is 0 Å². The van der Waals surface area contributed by atoms with Crippen LogP contribution in [0.4, 0.5) is 0 Å². The van der Waals surface area contributed by atoms with Gasteiger partial charge in [-0.2, -0.15) is 0 Å². The zero-order valence-corrected chi connectivity index (χ0v) is 8.99. The minimum absolute atomic E-state index is 0.632. The zero-order chi connectivity index (χ0) is 8.97. The van der Waals surface area contributed by atoms with Gasteiger partial charge in [0.25, 0.3) is 0 Å². The summed E-state index contributed by atoms with van der Waals surface area (Å²) >= 11 is -0.632. The van der Waals surface area contributed by atoms with Gasteiger partial charge in [-0.3, -0.25) is 0 Å². The number of nitrogens with zero attached hydrogens (tertiary/aromatic N) is 1.